The summed E-state index contributed by atoms with van der Waals surface area (Å²) in [5.74, 6) is 0.311. The fraction of sp³-hybridized carbons (Fsp3) is 0.273. The van der Waals surface area contributed by atoms with E-state index in [0.717, 1.165) is 6.42 Å². The molecule has 1 aliphatic rings. The molecule has 1 fully saturated rings. The van der Waals surface area contributed by atoms with Crippen LogP contribution in [0.4, 0.5) is 0 Å². The Labute approximate surface area is 93.7 Å². The number of thiocarbonyl (C=S) groups is 1. The number of nitrogens with one attached hydrogen (secondary N) is 1. The highest BCUT2D eigenvalue weighted by Crippen LogP contribution is 2.47. The number of carbonyl (C=O) groups excluding carboxylic acids is 1. The summed E-state index contributed by atoms with van der Waals surface area (Å²) in [6, 6.07) is 10.0. The van der Waals surface area contributed by atoms with Gasteiger partial charge in [-0.05, 0) is 30.1 Å². The molecular weight excluding hydrogens is 208 g/mol. The first-order valence-electron chi connectivity index (χ1n) is 4.83. The number of nitrogens with two attached hydrogens (primary N) is 1. The summed E-state index contributed by atoms with van der Waals surface area (Å²) in [6.45, 7) is 0. The maximum absolute atomic E-state index is 11.5. The number of hydrogen-bond acceptors (Lipinski definition) is 2. The van der Waals surface area contributed by atoms with Crippen LogP contribution >= 0.6 is 12.2 Å². The average molecular weight is 220 g/mol. The number of rotatable bonds is 2. The fourth-order valence-electron chi connectivity index (χ4n) is 1.77. The van der Waals surface area contributed by atoms with E-state index in [2.05, 4.69) is 17.5 Å². The molecular formula is C11H12N2OS. The van der Waals surface area contributed by atoms with E-state index < -0.39 is 0 Å². The molecule has 1 saturated carbocycles. The van der Waals surface area contributed by atoms with Crippen LogP contribution in [0, 0.1) is 5.92 Å². The molecule has 0 aliphatic heterocycles. The third kappa shape index (κ3) is 2.33. The van der Waals surface area contributed by atoms with E-state index in [-0.39, 0.29) is 16.9 Å². The first-order chi connectivity index (χ1) is 7.18. The van der Waals surface area contributed by atoms with Crippen LogP contribution in [0.1, 0.15) is 17.9 Å². The molecule has 1 amide bonds. The molecule has 0 spiro atoms. The van der Waals surface area contributed by atoms with Gasteiger partial charge in [0.15, 0.2) is 5.11 Å². The van der Waals surface area contributed by atoms with E-state index in [0.29, 0.717) is 5.92 Å². The van der Waals surface area contributed by atoms with Crippen molar-refractivity contribution in [2.24, 2.45) is 11.7 Å². The predicted octanol–water partition coefficient (Wildman–Crippen LogP) is 1.15. The van der Waals surface area contributed by atoms with E-state index in [1.54, 1.807) is 0 Å². The molecule has 4 heteroatoms. The van der Waals surface area contributed by atoms with Crippen LogP contribution in [0.3, 0.4) is 0 Å². The largest absolute Gasteiger partial charge is 0.376 e. The average Bonchev–Trinajstić information content (AvgIpc) is 2.97. The summed E-state index contributed by atoms with van der Waals surface area (Å²) in [4.78, 5) is 11.5. The Balaban J connectivity index is 1.97. The van der Waals surface area contributed by atoms with Gasteiger partial charge in [0, 0.05) is 5.92 Å². The lowest BCUT2D eigenvalue weighted by Crippen LogP contribution is -2.36. The van der Waals surface area contributed by atoms with E-state index in [4.69, 9.17) is 5.73 Å². The minimum atomic E-state index is -0.0589. The van der Waals surface area contributed by atoms with Crippen molar-refractivity contribution < 1.29 is 4.79 Å². The smallest absolute Gasteiger partial charge is 0.229 e. The second-order valence-corrected chi connectivity index (χ2v) is 4.15. The van der Waals surface area contributed by atoms with Crippen molar-refractivity contribution in [1.82, 2.24) is 5.32 Å². The molecule has 1 aromatic carbocycles. The van der Waals surface area contributed by atoms with E-state index in [1.807, 2.05) is 30.3 Å². The standard InChI is InChI=1S/C11H12N2OS/c12-11(15)13-10(14)9-6-8(9)7-4-2-1-3-5-7/h1-5,8-9H,6H2,(H3,12,13,14,15)/t8-,9-/m0/s1. The predicted molar refractivity (Wildman–Crippen MR) is 62.2 cm³/mol. The molecule has 2 atom stereocenters. The summed E-state index contributed by atoms with van der Waals surface area (Å²) < 4.78 is 0. The Hall–Kier alpha value is -1.42. The van der Waals surface area contributed by atoms with Crippen molar-refractivity contribution in [3.05, 3.63) is 35.9 Å². The van der Waals surface area contributed by atoms with Crippen LogP contribution in [-0.2, 0) is 4.79 Å². The summed E-state index contributed by atoms with van der Waals surface area (Å²) in [7, 11) is 0. The van der Waals surface area contributed by atoms with E-state index in [9.17, 15) is 4.79 Å². The maximum Gasteiger partial charge on any atom is 0.229 e. The normalized spacial score (nSPS) is 23.2. The van der Waals surface area contributed by atoms with Gasteiger partial charge in [0.2, 0.25) is 5.91 Å². The zero-order valence-electron chi connectivity index (χ0n) is 8.14. The lowest BCUT2D eigenvalue weighted by Gasteiger charge is -2.01. The van der Waals surface area contributed by atoms with Crippen molar-refractivity contribution in [2.75, 3.05) is 0 Å². The van der Waals surface area contributed by atoms with Gasteiger partial charge in [-0.3, -0.25) is 4.79 Å². The Bertz CT molecular complexity index is 391. The summed E-state index contributed by atoms with van der Waals surface area (Å²) in [5.41, 5.74) is 6.45. The Morgan fingerprint density at radius 1 is 1.40 bits per heavy atom. The quantitative estimate of drug-likeness (QED) is 0.735. The van der Waals surface area contributed by atoms with Gasteiger partial charge in [-0.15, -0.1) is 0 Å². The third-order valence-corrected chi connectivity index (χ3v) is 2.70. The van der Waals surface area contributed by atoms with Gasteiger partial charge in [0.05, 0.1) is 0 Å². The lowest BCUT2D eigenvalue weighted by atomic mass is 10.1. The molecule has 1 aromatic rings. The molecule has 0 bridgehead atoms. The number of hydrogen-bond donors (Lipinski definition) is 2. The number of benzene rings is 1. The maximum atomic E-state index is 11.5. The van der Waals surface area contributed by atoms with Gasteiger partial charge in [-0.1, -0.05) is 30.3 Å². The van der Waals surface area contributed by atoms with E-state index in [1.165, 1.54) is 5.56 Å². The van der Waals surface area contributed by atoms with Crippen LogP contribution in [-0.4, -0.2) is 11.0 Å². The van der Waals surface area contributed by atoms with Crippen molar-refractivity contribution in [3.8, 4) is 0 Å². The molecule has 15 heavy (non-hydrogen) atoms. The van der Waals surface area contributed by atoms with Crippen molar-refractivity contribution in [3.63, 3.8) is 0 Å². The van der Waals surface area contributed by atoms with Crippen LogP contribution < -0.4 is 11.1 Å². The monoisotopic (exact) mass is 220 g/mol. The Morgan fingerprint density at radius 2 is 2.07 bits per heavy atom. The van der Waals surface area contributed by atoms with Gasteiger partial charge < -0.3 is 11.1 Å². The minimum absolute atomic E-state index is 0.0360. The summed E-state index contributed by atoms with van der Waals surface area (Å²) >= 11 is 4.62. The van der Waals surface area contributed by atoms with Crippen molar-refractivity contribution in [1.29, 1.82) is 0 Å². The summed E-state index contributed by atoms with van der Waals surface area (Å²) in [6.07, 6.45) is 0.887. The first-order valence-corrected chi connectivity index (χ1v) is 5.24. The van der Waals surface area contributed by atoms with Gasteiger partial charge in [0.1, 0.15) is 0 Å². The first kappa shape index (κ1) is 10.1. The minimum Gasteiger partial charge on any atom is -0.376 e. The highest BCUT2D eigenvalue weighted by atomic mass is 32.1. The molecule has 1 aliphatic carbocycles. The molecule has 0 saturated heterocycles. The zero-order valence-corrected chi connectivity index (χ0v) is 8.96. The molecule has 0 aromatic heterocycles. The van der Waals surface area contributed by atoms with Crippen molar-refractivity contribution >= 4 is 23.2 Å². The topological polar surface area (TPSA) is 55.1 Å². The van der Waals surface area contributed by atoms with Crippen LogP contribution in [0.5, 0.6) is 0 Å². The molecule has 78 valence electrons. The Kier molecular flexibility index (Phi) is 2.68. The molecule has 2 rings (SSSR count). The SMILES string of the molecule is NC(=S)NC(=O)[C@H]1C[C@H]1c1ccccc1. The molecule has 0 radical (unpaired) electrons. The summed E-state index contributed by atoms with van der Waals surface area (Å²) in [5, 5.41) is 2.53. The molecule has 0 unspecified atom stereocenters. The highest BCUT2D eigenvalue weighted by molar-refractivity contribution is 7.80. The van der Waals surface area contributed by atoms with Gasteiger partial charge in [-0.25, -0.2) is 0 Å². The molecule has 0 heterocycles. The van der Waals surface area contributed by atoms with Gasteiger partial charge in [-0.2, -0.15) is 0 Å². The second-order valence-electron chi connectivity index (χ2n) is 3.71. The lowest BCUT2D eigenvalue weighted by molar-refractivity contribution is -0.120. The van der Waals surface area contributed by atoms with Crippen molar-refractivity contribution in [2.45, 2.75) is 12.3 Å². The fourth-order valence-corrected chi connectivity index (χ4v) is 1.87. The Morgan fingerprint density at radius 3 is 2.67 bits per heavy atom. The highest BCUT2D eigenvalue weighted by Gasteiger charge is 2.43. The van der Waals surface area contributed by atoms with E-state index >= 15 is 0 Å². The number of amides is 1. The number of carbonyl (C=O) groups is 1. The molecule has 3 N–H and O–H groups in total. The zero-order chi connectivity index (χ0) is 10.8. The van der Waals surface area contributed by atoms with Gasteiger partial charge in [0.25, 0.3) is 0 Å². The third-order valence-electron chi connectivity index (χ3n) is 2.60. The van der Waals surface area contributed by atoms with Gasteiger partial charge >= 0.3 is 0 Å². The van der Waals surface area contributed by atoms with Crippen LogP contribution in [0.25, 0.3) is 0 Å². The second kappa shape index (κ2) is 3.98. The van der Waals surface area contributed by atoms with Crippen LogP contribution in [0.15, 0.2) is 30.3 Å². The molecule has 3 nitrogen and oxygen atoms in total. The van der Waals surface area contributed by atoms with Crippen LogP contribution in [0.2, 0.25) is 0 Å².